The van der Waals surface area contributed by atoms with E-state index in [1.165, 1.54) is 161 Å². The lowest BCUT2D eigenvalue weighted by Gasteiger charge is -2.41. The number of allylic oxidation sites excluding steroid dienone is 17. The first kappa shape index (κ1) is 85.3. The molecule has 8 unspecified atom stereocenters. The Bertz CT molecular complexity index is 1900. The zero-order valence-electron chi connectivity index (χ0n) is 58.4. The fourth-order valence-corrected chi connectivity index (χ4v) is 11.3. The van der Waals surface area contributed by atoms with Crippen LogP contribution >= 0.6 is 0 Å². The molecule has 0 saturated carbocycles. The van der Waals surface area contributed by atoms with Crippen LogP contribution in [0.15, 0.2) is 109 Å². The molecule has 1 fully saturated rings. The minimum absolute atomic E-state index is 0.112. The molecule has 524 valence electrons. The highest BCUT2D eigenvalue weighted by atomic mass is 16.7. The summed E-state index contributed by atoms with van der Waals surface area (Å²) in [6, 6.07) is -1.03. The normalized spacial score (nSPS) is 18.6. The standard InChI is InChI=1S/C80H139NO10/c1-4-7-10-13-16-19-22-24-26-28-30-32-34-36-38-39-41-43-45-47-49-52-55-58-61-64-67-73(84)79(88)81-71(72(83)66-63-60-57-54-51-21-18-15-12-9-6-3)70-89-80-78(77(87)76(86)74(69-82)90-80)91-75(85)68-65-62-59-56-53-50-48-46-44-42-40-37-35-33-31-29-27-25-23-20-17-14-11-8-5-2/h8,11,16-17,19-20,24-27,30-33,37,40,63,66,71-74,76-78,80,82-84,86-87H,4-7,9-10,12-15,18,21-23,28-29,34-36,38-39,41-62,64-65,67-70H2,1-3H3,(H,81,88)/b11-8-,19-16-,20-17-,26-24-,27-25-,32-30-,33-31-,40-37-,66-63+. The van der Waals surface area contributed by atoms with Gasteiger partial charge in [-0.1, -0.05) is 316 Å². The van der Waals surface area contributed by atoms with Gasteiger partial charge in [-0.15, -0.1) is 0 Å². The number of hydrogen-bond donors (Lipinski definition) is 6. The summed E-state index contributed by atoms with van der Waals surface area (Å²) in [5.74, 6) is -1.20. The fraction of sp³-hybridized carbons (Fsp3) is 0.750. The van der Waals surface area contributed by atoms with E-state index in [-0.39, 0.29) is 19.4 Å². The zero-order chi connectivity index (χ0) is 66.0. The Morgan fingerprint density at radius 2 is 0.791 bits per heavy atom. The summed E-state index contributed by atoms with van der Waals surface area (Å²) in [7, 11) is 0. The number of rotatable bonds is 64. The van der Waals surface area contributed by atoms with Crippen LogP contribution in [0.4, 0.5) is 0 Å². The van der Waals surface area contributed by atoms with E-state index in [0.29, 0.717) is 12.8 Å². The number of carbonyl (C=O) groups is 2. The van der Waals surface area contributed by atoms with Gasteiger partial charge in [0, 0.05) is 6.42 Å². The lowest BCUT2D eigenvalue weighted by Crippen LogP contribution is -2.61. The van der Waals surface area contributed by atoms with Gasteiger partial charge in [-0.2, -0.15) is 0 Å². The van der Waals surface area contributed by atoms with Crippen LogP contribution in [0.1, 0.15) is 323 Å². The SMILES string of the molecule is CC/C=C\C/C=C\C/C=C\C/C=C\C/C=C\CCCCCCCCCCCC(=O)OC1C(OCC(NC(=O)C(O)CCCCCCCCCCCCCCC/C=C\C/C=C\C/C=C\CCCCC)C(O)/C=C/CCCCCCCCCCC)OC(CO)C(O)C1O. The smallest absolute Gasteiger partial charge is 0.306 e. The van der Waals surface area contributed by atoms with E-state index in [9.17, 15) is 35.1 Å². The maximum Gasteiger partial charge on any atom is 0.306 e. The van der Waals surface area contributed by atoms with Crippen LogP contribution in [0.5, 0.6) is 0 Å². The van der Waals surface area contributed by atoms with Crippen LogP contribution in [0.25, 0.3) is 0 Å². The van der Waals surface area contributed by atoms with E-state index in [2.05, 4.69) is 123 Å². The summed E-state index contributed by atoms with van der Waals surface area (Å²) in [6.07, 6.45) is 81.3. The number of amides is 1. The van der Waals surface area contributed by atoms with Crippen molar-refractivity contribution in [1.82, 2.24) is 5.32 Å². The minimum atomic E-state index is -1.62. The number of aliphatic hydroxyl groups excluding tert-OH is 5. The topological polar surface area (TPSA) is 175 Å². The highest BCUT2D eigenvalue weighted by molar-refractivity contribution is 5.80. The summed E-state index contributed by atoms with van der Waals surface area (Å²) in [5.41, 5.74) is 0. The van der Waals surface area contributed by atoms with Crippen LogP contribution < -0.4 is 5.32 Å². The molecule has 1 aliphatic heterocycles. The quantitative estimate of drug-likeness (QED) is 0.0195. The summed E-state index contributed by atoms with van der Waals surface area (Å²) in [5, 5.41) is 57.3. The molecule has 1 aliphatic rings. The number of unbranched alkanes of at least 4 members (excludes halogenated alkanes) is 34. The van der Waals surface area contributed by atoms with Gasteiger partial charge in [-0.3, -0.25) is 9.59 Å². The summed E-state index contributed by atoms with van der Waals surface area (Å²) in [4.78, 5) is 26.7. The average molecular weight is 1270 g/mol. The molecular formula is C80H139NO10. The molecule has 0 aromatic rings. The van der Waals surface area contributed by atoms with Gasteiger partial charge in [0.25, 0.3) is 0 Å². The van der Waals surface area contributed by atoms with E-state index in [1.54, 1.807) is 6.08 Å². The number of ether oxygens (including phenoxy) is 3. The largest absolute Gasteiger partial charge is 0.454 e. The number of carbonyl (C=O) groups excluding carboxylic acids is 2. The Morgan fingerprint density at radius 1 is 0.440 bits per heavy atom. The van der Waals surface area contributed by atoms with Gasteiger partial charge in [0.15, 0.2) is 12.4 Å². The first-order valence-electron chi connectivity index (χ1n) is 37.7. The molecule has 1 rings (SSSR count). The molecule has 8 atom stereocenters. The van der Waals surface area contributed by atoms with E-state index in [4.69, 9.17) is 14.2 Å². The van der Waals surface area contributed by atoms with Crippen molar-refractivity contribution >= 4 is 11.9 Å². The lowest BCUT2D eigenvalue weighted by molar-refractivity contribution is -0.305. The van der Waals surface area contributed by atoms with E-state index in [0.717, 1.165) is 116 Å². The predicted octanol–water partition coefficient (Wildman–Crippen LogP) is 20.0. The third kappa shape index (κ3) is 53.3. The van der Waals surface area contributed by atoms with E-state index < -0.39 is 67.4 Å². The Kier molecular flexibility index (Phi) is 62.2. The lowest BCUT2D eigenvalue weighted by atomic mass is 9.99. The molecule has 1 amide bonds. The maximum absolute atomic E-state index is 13.5. The Morgan fingerprint density at radius 3 is 1.21 bits per heavy atom. The van der Waals surface area contributed by atoms with Gasteiger partial charge in [0.1, 0.15) is 24.4 Å². The highest BCUT2D eigenvalue weighted by Crippen LogP contribution is 2.26. The van der Waals surface area contributed by atoms with Crippen LogP contribution in [0.3, 0.4) is 0 Å². The molecular weight excluding hydrogens is 1130 g/mol. The van der Waals surface area contributed by atoms with Gasteiger partial charge in [0.05, 0.1) is 25.4 Å². The number of aliphatic hydroxyl groups is 5. The molecule has 1 saturated heterocycles. The molecule has 6 N–H and O–H groups in total. The third-order valence-electron chi connectivity index (χ3n) is 17.2. The van der Waals surface area contributed by atoms with Gasteiger partial charge >= 0.3 is 5.97 Å². The second-order valence-corrected chi connectivity index (χ2v) is 25.6. The van der Waals surface area contributed by atoms with Gasteiger partial charge < -0.3 is 45.1 Å². The molecule has 11 nitrogen and oxygen atoms in total. The second-order valence-electron chi connectivity index (χ2n) is 25.6. The summed E-state index contributed by atoms with van der Waals surface area (Å²) < 4.78 is 17.7. The third-order valence-corrected chi connectivity index (χ3v) is 17.2. The van der Waals surface area contributed by atoms with Crippen molar-refractivity contribution in [2.75, 3.05) is 13.2 Å². The van der Waals surface area contributed by atoms with Crippen molar-refractivity contribution in [3.8, 4) is 0 Å². The molecule has 0 aliphatic carbocycles. The van der Waals surface area contributed by atoms with Crippen LogP contribution in [0, 0.1) is 0 Å². The fourth-order valence-electron chi connectivity index (χ4n) is 11.3. The first-order valence-corrected chi connectivity index (χ1v) is 37.7. The van der Waals surface area contributed by atoms with E-state index >= 15 is 0 Å². The molecule has 11 heteroatoms. The Hall–Kier alpha value is -3.68. The summed E-state index contributed by atoms with van der Waals surface area (Å²) >= 11 is 0. The van der Waals surface area contributed by atoms with Crippen molar-refractivity contribution in [1.29, 1.82) is 0 Å². The number of nitrogens with one attached hydrogen (secondary N) is 1. The van der Waals surface area contributed by atoms with Crippen molar-refractivity contribution in [3.05, 3.63) is 109 Å². The van der Waals surface area contributed by atoms with Gasteiger partial charge in [0.2, 0.25) is 5.91 Å². The van der Waals surface area contributed by atoms with Crippen LogP contribution in [-0.4, -0.2) is 99.6 Å². The number of esters is 1. The zero-order valence-corrected chi connectivity index (χ0v) is 58.4. The average Bonchev–Trinajstić information content (AvgIpc) is 1.13. The second kappa shape index (κ2) is 66.3. The molecule has 0 spiro atoms. The van der Waals surface area contributed by atoms with Crippen molar-refractivity contribution in [2.45, 2.75) is 372 Å². The van der Waals surface area contributed by atoms with Crippen molar-refractivity contribution in [3.63, 3.8) is 0 Å². The summed E-state index contributed by atoms with van der Waals surface area (Å²) in [6.45, 7) is 5.67. The van der Waals surface area contributed by atoms with Gasteiger partial charge in [-0.25, -0.2) is 0 Å². The maximum atomic E-state index is 13.5. The van der Waals surface area contributed by atoms with Crippen molar-refractivity contribution in [2.24, 2.45) is 0 Å². The Labute approximate surface area is 558 Å². The molecule has 0 aromatic heterocycles. The minimum Gasteiger partial charge on any atom is -0.454 e. The monoisotopic (exact) mass is 1270 g/mol. The molecule has 91 heavy (non-hydrogen) atoms. The van der Waals surface area contributed by atoms with Crippen molar-refractivity contribution < 1.29 is 49.3 Å². The predicted molar refractivity (Wildman–Crippen MR) is 384 cm³/mol. The molecule has 0 bridgehead atoms. The first-order chi connectivity index (χ1) is 44.7. The molecule has 1 heterocycles. The molecule has 0 aromatic carbocycles. The van der Waals surface area contributed by atoms with Crippen LogP contribution in [-0.2, 0) is 23.8 Å². The highest BCUT2D eigenvalue weighted by Gasteiger charge is 2.47. The van der Waals surface area contributed by atoms with Gasteiger partial charge in [-0.05, 0) is 109 Å². The Balaban J connectivity index is 2.52. The molecule has 0 radical (unpaired) electrons. The van der Waals surface area contributed by atoms with Crippen LogP contribution in [0.2, 0.25) is 0 Å². The number of hydrogen-bond acceptors (Lipinski definition) is 10. The van der Waals surface area contributed by atoms with E-state index in [1.807, 2.05) is 6.08 Å².